The highest BCUT2D eigenvalue weighted by molar-refractivity contribution is 6.04. The lowest BCUT2D eigenvalue weighted by Gasteiger charge is -2.15. The Hall–Kier alpha value is -1.63. The van der Waals surface area contributed by atoms with Crippen molar-refractivity contribution in [2.45, 2.75) is 31.8 Å². The maximum absolute atomic E-state index is 11.7. The van der Waals surface area contributed by atoms with Gasteiger partial charge in [0.15, 0.2) is 0 Å². The summed E-state index contributed by atoms with van der Waals surface area (Å²) >= 11 is 0. The fraction of sp³-hybridized carbons (Fsp3) is 0.667. The topological polar surface area (TPSA) is 119 Å². The van der Waals surface area contributed by atoms with Crippen LogP contribution in [0.2, 0.25) is 0 Å². The Bertz CT molecular complexity index is 318. The van der Waals surface area contributed by atoms with Gasteiger partial charge in [-0.2, -0.15) is 0 Å². The van der Waals surface area contributed by atoms with Crippen LogP contribution in [0.15, 0.2) is 0 Å². The van der Waals surface area contributed by atoms with Crippen molar-refractivity contribution in [3.8, 4) is 0 Å². The molecular formula is C9H16N4O3. The second-order valence-corrected chi connectivity index (χ2v) is 3.75. The van der Waals surface area contributed by atoms with Gasteiger partial charge in [-0.25, -0.2) is 4.79 Å². The first-order valence-corrected chi connectivity index (χ1v) is 5.14. The SMILES string of the molecule is CCCC1NC(=O)N(CC(N)C(N)=O)C1=O. The van der Waals surface area contributed by atoms with Gasteiger partial charge < -0.3 is 16.8 Å². The van der Waals surface area contributed by atoms with Gasteiger partial charge in [-0.15, -0.1) is 0 Å². The number of carbonyl (C=O) groups excluding carboxylic acids is 3. The second-order valence-electron chi connectivity index (χ2n) is 3.75. The number of nitrogens with two attached hydrogens (primary N) is 2. The third kappa shape index (κ3) is 2.48. The first kappa shape index (κ1) is 12.4. The molecule has 2 atom stereocenters. The summed E-state index contributed by atoms with van der Waals surface area (Å²) in [6.07, 6.45) is 1.36. The summed E-state index contributed by atoms with van der Waals surface area (Å²) in [5.41, 5.74) is 10.4. The van der Waals surface area contributed by atoms with E-state index in [1.54, 1.807) is 0 Å². The average Bonchev–Trinajstić information content (AvgIpc) is 2.46. The van der Waals surface area contributed by atoms with Crippen LogP contribution >= 0.6 is 0 Å². The first-order valence-electron chi connectivity index (χ1n) is 5.14. The summed E-state index contributed by atoms with van der Waals surface area (Å²) in [5.74, 6) is -1.08. The number of carbonyl (C=O) groups is 3. The van der Waals surface area contributed by atoms with E-state index in [9.17, 15) is 14.4 Å². The molecule has 1 heterocycles. The number of rotatable bonds is 5. The smallest absolute Gasteiger partial charge is 0.324 e. The molecule has 0 aliphatic carbocycles. The van der Waals surface area contributed by atoms with Crippen molar-refractivity contribution in [1.82, 2.24) is 10.2 Å². The maximum atomic E-state index is 11.7. The molecule has 0 saturated carbocycles. The number of hydrogen-bond acceptors (Lipinski definition) is 4. The van der Waals surface area contributed by atoms with E-state index >= 15 is 0 Å². The molecule has 0 radical (unpaired) electrons. The molecule has 1 fully saturated rings. The Morgan fingerprint density at radius 2 is 2.19 bits per heavy atom. The fourth-order valence-corrected chi connectivity index (χ4v) is 1.52. The predicted octanol–water partition coefficient (Wildman–Crippen LogP) is -1.48. The Morgan fingerprint density at radius 1 is 1.56 bits per heavy atom. The quantitative estimate of drug-likeness (QED) is 0.497. The van der Waals surface area contributed by atoms with Crippen molar-refractivity contribution in [2.24, 2.45) is 11.5 Å². The number of hydrogen-bond donors (Lipinski definition) is 3. The molecule has 0 aromatic rings. The first-order chi connectivity index (χ1) is 7.47. The van der Waals surface area contributed by atoms with Gasteiger partial charge in [-0.05, 0) is 6.42 Å². The molecule has 0 aromatic carbocycles. The molecule has 5 N–H and O–H groups in total. The van der Waals surface area contributed by atoms with E-state index in [1.807, 2.05) is 6.92 Å². The van der Waals surface area contributed by atoms with Crippen LogP contribution in [0.5, 0.6) is 0 Å². The molecule has 2 unspecified atom stereocenters. The van der Waals surface area contributed by atoms with Crippen molar-refractivity contribution >= 4 is 17.8 Å². The summed E-state index contributed by atoms with van der Waals surface area (Å²) in [6, 6.07) is -2.03. The third-order valence-corrected chi connectivity index (χ3v) is 2.43. The molecule has 1 aliphatic heterocycles. The standard InChI is InChI=1S/C9H16N4O3/c1-2-3-6-8(15)13(9(16)12-6)4-5(10)7(11)14/h5-6H,2-4,10H2,1H3,(H2,11,14)(H,12,16). The number of nitrogens with zero attached hydrogens (tertiary/aromatic N) is 1. The molecule has 0 spiro atoms. The zero-order chi connectivity index (χ0) is 12.3. The summed E-state index contributed by atoms with van der Waals surface area (Å²) in [5, 5.41) is 2.53. The van der Waals surface area contributed by atoms with Gasteiger partial charge in [0, 0.05) is 0 Å². The van der Waals surface area contributed by atoms with Gasteiger partial charge >= 0.3 is 6.03 Å². The highest BCUT2D eigenvalue weighted by Crippen LogP contribution is 2.10. The Kier molecular flexibility index (Phi) is 3.83. The van der Waals surface area contributed by atoms with Gasteiger partial charge in [0.05, 0.1) is 6.54 Å². The van der Waals surface area contributed by atoms with Crippen LogP contribution in [-0.2, 0) is 9.59 Å². The Balaban J connectivity index is 2.64. The van der Waals surface area contributed by atoms with E-state index < -0.39 is 24.0 Å². The molecule has 16 heavy (non-hydrogen) atoms. The molecule has 1 rings (SSSR count). The highest BCUT2D eigenvalue weighted by Gasteiger charge is 2.38. The van der Waals surface area contributed by atoms with E-state index in [0.29, 0.717) is 6.42 Å². The van der Waals surface area contributed by atoms with Crippen LogP contribution < -0.4 is 16.8 Å². The van der Waals surface area contributed by atoms with Crippen molar-refractivity contribution in [3.63, 3.8) is 0 Å². The zero-order valence-corrected chi connectivity index (χ0v) is 9.10. The Labute approximate surface area is 93.1 Å². The van der Waals surface area contributed by atoms with Gasteiger partial charge in [0.25, 0.3) is 5.91 Å². The number of nitrogens with one attached hydrogen (secondary N) is 1. The maximum Gasteiger partial charge on any atom is 0.324 e. The van der Waals surface area contributed by atoms with Crippen molar-refractivity contribution in [3.05, 3.63) is 0 Å². The molecule has 7 nitrogen and oxygen atoms in total. The monoisotopic (exact) mass is 228 g/mol. The molecule has 90 valence electrons. The molecule has 1 aliphatic rings. The van der Waals surface area contributed by atoms with Gasteiger partial charge in [0.1, 0.15) is 12.1 Å². The van der Waals surface area contributed by atoms with E-state index in [2.05, 4.69) is 5.32 Å². The molecule has 4 amide bonds. The van der Waals surface area contributed by atoms with Gasteiger partial charge in [0.2, 0.25) is 5.91 Å². The fourth-order valence-electron chi connectivity index (χ4n) is 1.52. The van der Waals surface area contributed by atoms with Gasteiger partial charge in [-0.1, -0.05) is 13.3 Å². The number of primary amides is 1. The summed E-state index contributed by atoms with van der Waals surface area (Å²) in [6.45, 7) is 1.75. The van der Waals surface area contributed by atoms with Crippen LogP contribution in [-0.4, -0.2) is 41.4 Å². The van der Waals surface area contributed by atoms with Crippen LogP contribution in [0.1, 0.15) is 19.8 Å². The summed E-state index contributed by atoms with van der Waals surface area (Å²) in [4.78, 5) is 34.8. The molecular weight excluding hydrogens is 212 g/mol. The van der Waals surface area contributed by atoms with Crippen molar-refractivity contribution in [1.29, 1.82) is 0 Å². The van der Waals surface area contributed by atoms with E-state index in [-0.39, 0.29) is 12.5 Å². The van der Waals surface area contributed by atoms with E-state index in [4.69, 9.17) is 11.5 Å². The van der Waals surface area contributed by atoms with Crippen LogP contribution in [0.3, 0.4) is 0 Å². The molecule has 7 heteroatoms. The third-order valence-electron chi connectivity index (χ3n) is 2.43. The minimum atomic E-state index is -1.02. The van der Waals surface area contributed by atoms with Crippen LogP contribution in [0, 0.1) is 0 Å². The lowest BCUT2D eigenvalue weighted by molar-refractivity contribution is -0.128. The zero-order valence-electron chi connectivity index (χ0n) is 9.10. The molecule has 1 saturated heterocycles. The predicted molar refractivity (Wildman–Crippen MR) is 56.1 cm³/mol. The lowest BCUT2D eigenvalue weighted by Crippen LogP contribution is -2.48. The summed E-state index contributed by atoms with van der Waals surface area (Å²) < 4.78 is 0. The van der Waals surface area contributed by atoms with Gasteiger partial charge in [-0.3, -0.25) is 14.5 Å². The highest BCUT2D eigenvalue weighted by atomic mass is 16.2. The number of urea groups is 1. The molecule has 0 aromatic heterocycles. The van der Waals surface area contributed by atoms with Crippen molar-refractivity contribution < 1.29 is 14.4 Å². The summed E-state index contributed by atoms with van der Waals surface area (Å²) in [7, 11) is 0. The normalized spacial score (nSPS) is 22.1. The van der Waals surface area contributed by atoms with E-state index in [0.717, 1.165) is 11.3 Å². The average molecular weight is 228 g/mol. The van der Waals surface area contributed by atoms with Crippen molar-refractivity contribution in [2.75, 3.05) is 6.54 Å². The number of imide groups is 1. The molecule has 0 bridgehead atoms. The minimum absolute atomic E-state index is 0.166. The second kappa shape index (κ2) is 4.93. The Morgan fingerprint density at radius 3 is 2.69 bits per heavy atom. The van der Waals surface area contributed by atoms with Crippen LogP contribution in [0.25, 0.3) is 0 Å². The van der Waals surface area contributed by atoms with E-state index in [1.165, 1.54) is 0 Å². The minimum Gasteiger partial charge on any atom is -0.368 e. The van der Waals surface area contributed by atoms with Crippen LogP contribution in [0.4, 0.5) is 4.79 Å². The number of amides is 4. The lowest BCUT2D eigenvalue weighted by atomic mass is 10.1. The largest absolute Gasteiger partial charge is 0.368 e.